The second-order valence-electron chi connectivity index (χ2n) is 9.65. The van der Waals surface area contributed by atoms with Gasteiger partial charge in [-0.2, -0.15) is 5.26 Å². The summed E-state index contributed by atoms with van der Waals surface area (Å²) >= 11 is 1.06. The molecule has 0 spiro atoms. The minimum atomic E-state index is -1.22. The quantitative estimate of drug-likeness (QED) is 0.481. The maximum Gasteiger partial charge on any atom is 0.253 e. The molecule has 1 saturated heterocycles. The van der Waals surface area contributed by atoms with E-state index in [0.29, 0.717) is 34.4 Å². The number of amides is 3. The molecule has 2 fully saturated rings. The molecule has 2 aliphatic rings. The second kappa shape index (κ2) is 10.8. The molecule has 1 unspecified atom stereocenters. The number of aromatic nitrogens is 1. The highest BCUT2D eigenvalue weighted by atomic mass is 32.1. The molecule has 2 N–H and O–H groups in total. The lowest BCUT2D eigenvalue weighted by Crippen LogP contribution is -2.47. The number of piperazine rings is 1. The SMILES string of the molecule is CN1CCN(C(=O)c2cccc(-c3cc4nc(C(C#N)C(=O)NCC(=O)NC5CC5)sc4cc3F)c2)CC1. The molecular weight excluding hydrogens is 507 g/mol. The van der Waals surface area contributed by atoms with E-state index in [2.05, 4.69) is 20.5 Å². The number of carbonyl (C=O) groups excluding carboxylic acids is 3. The predicted molar refractivity (Wildman–Crippen MR) is 141 cm³/mol. The summed E-state index contributed by atoms with van der Waals surface area (Å²) in [5, 5.41) is 15.1. The molecule has 0 bridgehead atoms. The van der Waals surface area contributed by atoms with Gasteiger partial charge in [0, 0.05) is 43.3 Å². The van der Waals surface area contributed by atoms with Gasteiger partial charge in [-0.05, 0) is 49.7 Å². The largest absolute Gasteiger partial charge is 0.352 e. The number of fused-ring (bicyclic) bond motifs is 1. The Morgan fingerprint density at radius 2 is 1.95 bits per heavy atom. The van der Waals surface area contributed by atoms with Gasteiger partial charge in [0.2, 0.25) is 11.8 Å². The van der Waals surface area contributed by atoms with Crippen LogP contribution in [0.3, 0.4) is 0 Å². The Hall–Kier alpha value is -3.88. The number of benzene rings is 2. The minimum Gasteiger partial charge on any atom is -0.352 e. The number of carbonyl (C=O) groups is 3. The van der Waals surface area contributed by atoms with Gasteiger partial charge in [-0.3, -0.25) is 14.4 Å². The monoisotopic (exact) mass is 534 g/mol. The molecule has 9 nitrogen and oxygen atoms in total. The zero-order chi connectivity index (χ0) is 26.8. The molecule has 11 heteroatoms. The summed E-state index contributed by atoms with van der Waals surface area (Å²) in [7, 11) is 2.02. The highest BCUT2D eigenvalue weighted by molar-refractivity contribution is 7.18. The van der Waals surface area contributed by atoms with Crippen LogP contribution >= 0.6 is 11.3 Å². The van der Waals surface area contributed by atoms with Crippen molar-refractivity contribution in [2.75, 3.05) is 39.8 Å². The molecule has 1 atom stereocenters. The Balaban J connectivity index is 1.35. The minimum absolute atomic E-state index is 0.0916. The van der Waals surface area contributed by atoms with Gasteiger partial charge in [0.15, 0.2) is 5.92 Å². The van der Waals surface area contributed by atoms with Crippen LogP contribution in [-0.4, -0.2) is 78.3 Å². The van der Waals surface area contributed by atoms with E-state index in [1.54, 1.807) is 35.2 Å². The van der Waals surface area contributed by atoms with Gasteiger partial charge >= 0.3 is 0 Å². The summed E-state index contributed by atoms with van der Waals surface area (Å²) in [5.41, 5.74) is 1.74. The van der Waals surface area contributed by atoms with Crippen LogP contribution in [0, 0.1) is 17.1 Å². The third kappa shape index (κ3) is 5.66. The van der Waals surface area contributed by atoms with Gasteiger partial charge in [0.1, 0.15) is 10.8 Å². The number of rotatable bonds is 7. The van der Waals surface area contributed by atoms with E-state index in [-0.39, 0.29) is 35.0 Å². The lowest BCUT2D eigenvalue weighted by atomic mass is 10.0. The lowest BCUT2D eigenvalue weighted by molar-refractivity contribution is -0.126. The van der Waals surface area contributed by atoms with Crippen molar-refractivity contribution in [2.45, 2.75) is 24.8 Å². The molecule has 1 aliphatic heterocycles. The Labute approximate surface area is 223 Å². The van der Waals surface area contributed by atoms with Gasteiger partial charge in [-0.15, -0.1) is 11.3 Å². The molecule has 2 heterocycles. The Morgan fingerprint density at radius 1 is 1.18 bits per heavy atom. The van der Waals surface area contributed by atoms with Crippen LogP contribution in [-0.2, 0) is 9.59 Å². The summed E-state index contributed by atoms with van der Waals surface area (Å²) in [4.78, 5) is 45.9. The fraction of sp³-hybridized carbons (Fsp3) is 0.370. The Morgan fingerprint density at radius 3 is 2.66 bits per heavy atom. The molecule has 3 amide bonds. The number of nitrogens with zero attached hydrogens (tertiary/aromatic N) is 4. The Bertz CT molecular complexity index is 1440. The third-order valence-electron chi connectivity index (χ3n) is 6.71. The fourth-order valence-electron chi connectivity index (χ4n) is 4.33. The van der Waals surface area contributed by atoms with Crippen molar-refractivity contribution in [1.29, 1.82) is 5.26 Å². The molecule has 196 valence electrons. The highest BCUT2D eigenvalue weighted by Crippen LogP contribution is 2.33. The molecule has 5 rings (SSSR count). The van der Waals surface area contributed by atoms with E-state index in [1.807, 2.05) is 13.1 Å². The topological polar surface area (TPSA) is 118 Å². The van der Waals surface area contributed by atoms with Crippen LogP contribution in [0.25, 0.3) is 21.3 Å². The second-order valence-corrected chi connectivity index (χ2v) is 10.7. The van der Waals surface area contributed by atoms with Crippen LogP contribution < -0.4 is 10.6 Å². The summed E-state index contributed by atoms with van der Waals surface area (Å²) in [6, 6.07) is 11.9. The van der Waals surface area contributed by atoms with E-state index in [1.165, 1.54) is 6.07 Å². The van der Waals surface area contributed by atoms with Crippen molar-refractivity contribution >= 4 is 39.3 Å². The van der Waals surface area contributed by atoms with Crippen molar-refractivity contribution in [3.05, 3.63) is 52.8 Å². The highest BCUT2D eigenvalue weighted by Gasteiger charge is 2.27. The summed E-state index contributed by atoms with van der Waals surface area (Å²) < 4.78 is 15.7. The smallest absolute Gasteiger partial charge is 0.253 e. The number of nitriles is 1. The average molecular weight is 535 g/mol. The predicted octanol–water partition coefficient (Wildman–Crippen LogP) is 2.49. The van der Waals surface area contributed by atoms with Gasteiger partial charge in [-0.25, -0.2) is 9.37 Å². The molecule has 1 saturated carbocycles. The Kier molecular flexibility index (Phi) is 7.35. The molecule has 1 aliphatic carbocycles. The number of likely N-dealkylation sites (N-methyl/N-ethyl adjacent to an activating group) is 1. The molecule has 0 radical (unpaired) electrons. The fourth-order valence-corrected chi connectivity index (χ4v) is 5.34. The normalized spacial score (nSPS) is 16.6. The summed E-state index contributed by atoms with van der Waals surface area (Å²) in [6.45, 7) is 2.66. The van der Waals surface area contributed by atoms with Gasteiger partial charge in [-0.1, -0.05) is 12.1 Å². The maximum atomic E-state index is 15.2. The van der Waals surface area contributed by atoms with Crippen LogP contribution in [0.2, 0.25) is 0 Å². The number of halogens is 1. The number of hydrogen-bond acceptors (Lipinski definition) is 7. The first-order chi connectivity index (χ1) is 18.3. The van der Waals surface area contributed by atoms with E-state index in [9.17, 15) is 19.6 Å². The standard InChI is InChI=1S/C27H27FN6O3S/c1-33-7-9-34(10-8-33)27(37)17-4-2-3-16(11-17)19-12-22-23(13-21(19)28)38-26(32-22)20(14-29)25(36)30-15-24(35)31-18-5-6-18/h2-4,11-13,18,20H,5-10,15H2,1H3,(H,30,36)(H,31,35). The van der Waals surface area contributed by atoms with Gasteiger partial charge in [0.25, 0.3) is 5.91 Å². The average Bonchev–Trinajstić information content (AvgIpc) is 3.64. The van der Waals surface area contributed by atoms with Gasteiger partial charge in [0.05, 0.1) is 22.8 Å². The first-order valence-corrected chi connectivity index (χ1v) is 13.3. The van der Waals surface area contributed by atoms with Crippen molar-refractivity contribution in [2.24, 2.45) is 0 Å². The maximum absolute atomic E-state index is 15.2. The first-order valence-electron chi connectivity index (χ1n) is 12.5. The van der Waals surface area contributed by atoms with Crippen LogP contribution in [0.5, 0.6) is 0 Å². The zero-order valence-corrected chi connectivity index (χ0v) is 21.7. The van der Waals surface area contributed by atoms with Gasteiger partial charge < -0.3 is 20.4 Å². The zero-order valence-electron chi connectivity index (χ0n) is 20.9. The molecular formula is C27H27FN6O3S. The molecule has 3 aromatic rings. The molecule has 2 aromatic carbocycles. The van der Waals surface area contributed by atoms with Crippen LogP contribution in [0.1, 0.15) is 34.1 Å². The van der Waals surface area contributed by atoms with Crippen molar-refractivity contribution < 1.29 is 18.8 Å². The lowest BCUT2D eigenvalue weighted by Gasteiger charge is -2.32. The van der Waals surface area contributed by atoms with E-state index in [4.69, 9.17) is 0 Å². The number of thiazole rings is 1. The third-order valence-corrected chi connectivity index (χ3v) is 7.79. The van der Waals surface area contributed by atoms with Crippen LogP contribution in [0.4, 0.5) is 4.39 Å². The van der Waals surface area contributed by atoms with E-state index >= 15 is 4.39 Å². The van der Waals surface area contributed by atoms with Crippen molar-refractivity contribution in [3.63, 3.8) is 0 Å². The molecule has 38 heavy (non-hydrogen) atoms. The van der Waals surface area contributed by atoms with E-state index < -0.39 is 17.6 Å². The molecule has 1 aromatic heterocycles. The number of hydrogen-bond donors (Lipinski definition) is 2. The van der Waals surface area contributed by atoms with Crippen LogP contribution in [0.15, 0.2) is 36.4 Å². The summed E-state index contributed by atoms with van der Waals surface area (Å²) in [6.07, 6.45) is 1.86. The number of nitrogens with one attached hydrogen (secondary N) is 2. The van der Waals surface area contributed by atoms with Crippen molar-refractivity contribution in [1.82, 2.24) is 25.4 Å². The first kappa shape index (κ1) is 25.8. The van der Waals surface area contributed by atoms with Crippen molar-refractivity contribution in [3.8, 4) is 17.2 Å². The van der Waals surface area contributed by atoms with E-state index in [0.717, 1.165) is 37.3 Å². The summed E-state index contributed by atoms with van der Waals surface area (Å²) in [5.74, 6) is -2.75.